The Bertz CT molecular complexity index is 620. The normalized spacial score (nSPS) is 10.4. The number of para-hydroxylation sites is 1. The monoisotopic (exact) mass is 299 g/mol. The fourth-order valence-electron chi connectivity index (χ4n) is 2.03. The molecule has 0 fully saturated rings. The van der Waals surface area contributed by atoms with E-state index in [9.17, 15) is 4.79 Å². The summed E-state index contributed by atoms with van der Waals surface area (Å²) in [6, 6.07) is 14.9. The van der Waals surface area contributed by atoms with Gasteiger partial charge in [-0.15, -0.1) is 0 Å². The molecule has 4 nitrogen and oxygen atoms in total. The van der Waals surface area contributed by atoms with Gasteiger partial charge in [0.25, 0.3) is 5.91 Å². The standard InChI is InChI=1S/C18H21NO3/c1-13(2)22-17-7-5-4-6-16(17)18(20)19-12-14-8-10-15(21-3)11-9-14/h4-11,13H,12H2,1-3H3,(H,19,20). The number of carbonyl (C=O) groups excluding carboxylic acids is 1. The van der Waals surface area contributed by atoms with Crippen LogP contribution in [-0.4, -0.2) is 19.1 Å². The Kier molecular flexibility index (Phi) is 5.42. The first kappa shape index (κ1) is 15.9. The van der Waals surface area contributed by atoms with Crippen molar-refractivity contribution >= 4 is 5.91 Å². The van der Waals surface area contributed by atoms with Gasteiger partial charge in [0.15, 0.2) is 0 Å². The second-order valence-corrected chi connectivity index (χ2v) is 5.19. The van der Waals surface area contributed by atoms with Crippen LogP contribution in [0, 0.1) is 0 Å². The lowest BCUT2D eigenvalue weighted by atomic mass is 10.1. The van der Waals surface area contributed by atoms with Gasteiger partial charge < -0.3 is 14.8 Å². The third-order valence-corrected chi connectivity index (χ3v) is 3.11. The third-order valence-electron chi connectivity index (χ3n) is 3.11. The Labute approximate surface area is 131 Å². The number of ether oxygens (including phenoxy) is 2. The first-order valence-electron chi connectivity index (χ1n) is 7.27. The fraction of sp³-hybridized carbons (Fsp3) is 0.278. The summed E-state index contributed by atoms with van der Waals surface area (Å²) >= 11 is 0. The molecule has 0 aliphatic rings. The topological polar surface area (TPSA) is 47.6 Å². The highest BCUT2D eigenvalue weighted by Gasteiger charge is 2.12. The van der Waals surface area contributed by atoms with Crippen LogP contribution in [0.2, 0.25) is 0 Å². The molecular weight excluding hydrogens is 278 g/mol. The van der Waals surface area contributed by atoms with Gasteiger partial charge in [0.2, 0.25) is 0 Å². The van der Waals surface area contributed by atoms with E-state index < -0.39 is 0 Å². The quantitative estimate of drug-likeness (QED) is 0.889. The number of methoxy groups -OCH3 is 1. The van der Waals surface area contributed by atoms with Crippen molar-refractivity contribution in [3.63, 3.8) is 0 Å². The molecule has 1 amide bonds. The van der Waals surface area contributed by atoms with Crippen LogP contribution in [0.4, 0.5) is 0 Å². The van der Waals surface area contributed by atoms with E-state index in [2.05, 4.69) is 5.32 Å². The molecule has 0 saturated carbocycles. The molecule has 2 rings (SSSR count). The van der Waals surface area contributed by atoms with Gasteiger partial charge >= 0.3 is 0 Å². The van der Waals surface area contributed by atoms with Crippen molar-refractivity contribution in [1.29, 1.82) is 0 Å². The molecule has 1 N–H and O–H groups in total. The molecule has 116 valence electrons. The Hall–Kier alpha value is -2.49. The molecule has 0 radical (unpaired) electrons. The highest BCUT2D eigenvalue weighted by atomic mass is 16.5. The van der Waals surface area contributed by atoms with Crippen molar-refractivity contribution in [2.45, 2.75) is 26.5 Å². The average Bonchev–Trinajstić information content (AvgIpc) is 2.53. The summed E-state index contributed by atoms with van der Waals surface area (Å²) in [5.74, 6) is 1.25. The van der Waals surface area contributed by atoms with Crippen molar-refractivity contribution in [2.75, 3.05) is 7.11 Å². The van der Waals surface area contributed by atoms with Crippen LogP contribution in [0.5, 0.6) is 11.5 Å². The molecule has 2 aromatic rings. The minimum Gasteiger partial charge on any atom is -0.497 e. The van der Waals surface area contributed by atoms with Gasteiger partial charge in [0, 0.05) is 6.54 Å². The van der Waals surface area contributed by atoms with Crippen molar-refractivity contribution < 1.29 is 14.3 Å². The molecule has 22 heavy (non-hydrogen) atoms. The maximum Gasteiger partial charge on any atom is 0.255 e. The van der Waals surface area contributed by atoms with Crippen LogP contribution < -0.4 is 14.8 Å². The summed E-state index contributed by atoms with van der Waals surface area (Å²) in [5, 5.41) is 2.91. The molecule has 0 atom stereocenters. The highest BCUT2D eigenvalue weighted by molar-refractivity contribution is 5.96. The lowest BCUT2D eigenvalue weighted by Crippen LogP contribution is -2.24. The van der Waals surface area contributed by atoms with E-state index >= 15 is 0 Å². The second-order valence-electron chi connectivity index (χ2n) is 5.19. The summed E-state index contributed by atoms with van der Waals surface area (Å²) in [5.41, 5.74) is 1.56. The van der Waals surface area contributed by atoms with Gasteiger partial charge in [-0.3, -0.25) is 4.79 Å². The second kappa shape index (κ2) is 7.50. The lowest BCUT2D eigenvalue weighted by molar-refractivity contribution is 0.0945. The molecule has 0 aliphatic carbocycles. The summed E-state index contributed by atoms with van der Waals surface area (Å²) < 4.78 is 10.8. The van der Waals surface area contributed by atoms with E-state index in [1.54, 1.807) is 13.2 Å². The fourth-order valence-corrected chi connectivity index (χ4v) is 2.03. The van der Waals surface area contributed by atoms with Gasteiger partial charge in [-0.25, -0.2) is 0 Å². The Balaban J connectivity index is 2.02. The van der Waals surface area contributed by atoms with E-state index in [1.807, 2.05) is 56.3 Å². The van der Waals surface area contributed by atoms with Crippen LogP contribution in [-0.2, 0) is 6.54 Å². The molecule has 0 aliphatic heterocycles. The Morgan fingerprint density at radius 2 is 1.77 bits per heavy atom. The molecule has 0 spiro atoms. The number of amides is 1. The number of rotatable bonds is 6. The van der Waals surface area contributed by atoms with Crippen LogP contribution in [0.15, 0.2) is 48.5 Å². The van der Waals surface area contributed by atoms with Crippen molar-refractivity contribution in [3.05, 3.63) is 59.7 Å². The maximum atomic E-state index is 12.3. The molecular formula is C18H21NO3. The van der Waals surface area contributed by atoms with Gasteiger partial charge in [-0.2, -0.15) is 0 Å². The van der Waals surface area contributed by atoms with E-state index in [-0.39, 0.29) is 12.0 Å². The minimum atomic E-state index is -0.146. The molecule has 0 unspecified atom stereocenters. The first-order valence-corrected chi connectivity index (χ1v) is 7.27. The Morgan fingerprint density at radius 1 is 1.09 bits per heavy atom. The molecule has 4 heteroatoms. The SMILES string of the molecule is COc1ccc(CNC(=O)c2ccccc2OC(C)C)cc1. The number of benzene rings is 2. The maximum absolute atomic E-state index is 12.3. The smallest absolute Gasteiger partial charge is 0.255 e. The van der Waals surface area contributed by atoms with Crippen LogP contribution in [0.3, 0.4) is 0 Å². The van der Waals surface area contributed by atoms with Gasteiger partial charge in [0.05, 0.1) is 18.8 Å². The number of carbonyl (C=O) groups is 1. The summed E-state index contributed by atoms with van der Waals surface area (Å²) in [6.45, 7) is 4.33. The predicted molar refractivity (Wildman–Crippen MR) is 86.4 cm³/mol. The number of nitrogens with one attached hydrogen (secondary N) is 1. The van der Waals surface area contributed by atoms with Crippen LogP contribution in [0.1, 0.15) is 29.8 Å². The summed E-state index contributed by atoms with van der Waals surface area (Å²) in [6.07, 6.45) is 0.0236. The summed E-state index contributed by atoms with van der Waals surface area (Å²) in [4.78, 5) is 12.3. The molecule has 0 bridgehead atoms. The van der Waals surface area contributed by atoms with Crippen LogP contribution >= 0.6 is 0 Å². The first-order chi connectivity index (χ1) is 10.6. The molecule has 0 aromatic heterocycles. The van der Waals surface area contributed by atoms with E-state index in [1.165, 1.54) is 0 Å². The molecule has 0 heterocycles. The zero-order chi connectivity index (χ0) is 15.9. The average molecular weight is 299 g/mol. The number of hydrogen-bond acceptors (Lipinski definition) is 3. The third kappa shape index (κ3) is 4.25. The summed E-state index contributed by atoms with van der Waals surface area (Å²) in [7, 11) is 1.63. The zero-order valence-electron chi connectivity index (χ0n) is 13.1. The van der Waals surface area contributed by atoms with Crippen LogP contribution in [0.25, 0.3) is 0 Å². The van der Waals surface area contributed by atoms with Crippen molar-refractivity contribution in [2.24, 2.45) is 0 Å². The largest absolute Gasteiger partial charge is 0.497 e. The van der Waals surface area contributed by atoms with Gasteiger partial charge in [-0.1, -0.05) is 24.3 Å². The predicted octanol–water partition coefficient (Wildman–Crippen LogP) is 3.41. The van der Waals surface area contributed by atoms with E-state index in [0.717, 1.165) is 11.3 Å². The molecule has 0 saturated heterocycles. The minimum absolute atomic E-state index is 0.0236. The highest BCUT2D eigenvalue weighted by Crippen LogP contribution is 2.19. The van der Waals surface area contributed by atoms with Gasteiger partial charge in [0.1, 0.15) is 11.5 Å². The van der Waals surface area contributed by atoms with Gasteiger partial charge in [-0.05, 0) is 43.7 Å². The number of hydrogen-bond donors (Lipinski definition) is 1. The van der Waals surface area contributed by atoms with E-state index in [0.29, 0.717) is 17.9 Å². The lowest BCUT2D eigenvalue weighted by Gasteiger charge is -2.14. The zero-order valence-corrected chi connectivity index (χ0v) is 13.1. The van der Waals surface area contributed by atoms with Crippen molar-refractivity contribution in [1.82, 2.24) is 5.32 Å². The van der Waals surface area contributed by atoms with E-state index in [4.69, 9.17) is 9.47 Å². The molecule has 2 aromatic carbocycles. The Morgan fingerprint density at radius 3 is 2.41 bits per heavy atom. The van der Waals surface area contributed by atoms with Crippen molar-refractivity contribution in [3.8, 4) is 11.5 Å².